The molecule has 4 heterocycles. The summed E-state index contributed by atoms with van der Waals surface area (Å²) in [6, 6.07) is 19.1. The molecule has 10 heteroatoms. The second kappa shape index (κ2) is 9.95. The highest BCUT2D eigenvalue weighted by atomic mass is 16.7. The van der Waals surface area contributed by atoms with E-state index in [1.54, 1.807) is 16.9 Å². The Morgan fingerprint density at radius 1 is 1.00 bits per heavy atom. The van der Waals surface area contributed by atoms with E-state index in [0.29, 0.717) is 41.5 Å². The molecule has 1 atom stereocenters. The number of H-pyrrole nitrogens is 1. The number of benzene rings is 2. The van der Waals surface area contributed by atoms with Crippen LogP contribution in [-0.2, 0) is 18.6 Å². The molecule has 0 saturated heterocycles. The molecule has 3 aromatic heterocycles. The van der Waals surface area contributed by atoms with Gasteiger partial charge < -0.3 is 14.5 Å². The first-order chi connectivity index (χ1) is 18.9. The summed E-state index contributed by atoms with van der Waals surface area (Å²) in [7, 11) is 0. The van der Waals surface area contributed by atoms with Crippen molar-refractivity contribution in [3.05, 3.63) is 106 Å². The van der Waals surface area contributed by atoms with Crippen molar-refractivity contribution >= 4 is 10.9 Å². The molecule has 0 amide bonds. The number of hydrogen-bond donors (Lipinski definition) is 1. The number of tetrazole rings is 1. The van der Waals surface area contributed by atoms with E-state index in [2.05, 4.69) is 42.5 Å². The summed E-state index contributed by atoms with van der Waals surface area (Å²) >= 11 is 0. The lowest BCUT2D eigenvalue weighted by atomic mass is 10.00. The number of fused-ring (bicyclic) bond motifs is 2. The zero-order valence-corrected chi connectivity index (χ0v) is 22.0. The number of aromatic nitrogens is 6. The number of ether oxygens (including phenoxy) is 2. The van der Waals surface area contributed by atoms with Crippen molar-refractivity contribution < 1.29 is 9.47 Å². The summed E-state index contributed by atoms with van der Waals surface area (Å²) < 4.78 is 12.9. The minimum Gasteiger partial charge on any atom is -0.454 e. The Hall–Kier alpha value is -4.57. The first-order valence-electron chi connectivity index (χ1n) is 12.8. The van der Waals surface area contributed by atoms with Crippen molar-refractivity contribution in [3.63, 3.8) is 0 Å². The summed E-state index contributed by atoms with van der Waals surface area (Å²) in [5, 5.41) is 13.7. The van der Waals surface area contributed by atoms with E-state index in [9.17, 15) is 4.79 Å². The van der Waals surface area contributed by atoms with Crippen molar-refractivity contribution in [1.29, 1.82) is 0 Å². The predicted molar refractivity (Wildman–Crippen MR) is 145 cm³/mol. The van der Waals surface area contributed by atoms with Crippen LogP contribution in [0.1, 0.15) is 49.3 Å². The molecule has 0 unspecified atom stereocenters. The molecular formula is C29H29N7O3. The quantitative estimate of drug-likeness (QED) is 0.338. The van der Waals surface area contributed by atoms with E-state index in [1.807, 2.05) is 69.4 Å². The monoisotopic (exact) mass is 523 g/mol. The molecule has 39 heavy (non-hydrogen) atoms. The normalized spacial score (nSPS) is 13.7. The maximum Gasteiger partial charge on any atom is 0.253 e. The van der Waals surface area contributed by atoms with Gasteiger partial charge in [0, 0.05) is 42.5 Å². The zero-order valence-electron chi connectivity index (χ0n) is 22.0. The van der Waals surface area contributed by atoms with E-state index in [1.165, 1.54) is 0 Å². The maximum absolute atomic E-state index is 13.8. The minimum atomic E-state index is -0.571. The number of nitrogens with one attached hydrogen (secondary N) is 1. The minimum absolute atomic E-state index is 0.154. The lowest BCUT2D eigenvalue weighted by Gasteiger charge is -2.33. The average Bonchev–Trinajstić information content (AvgIpc) is 3.59. The fraction of sp³-hybridized carbons (Fsp3) is 0.276. The second-order valence-corrected chi connectivity index (χ2v) is 10.6. The van der Waals surface area contributed by atoms with Gasteiger partial charge in [-0.25, -0.2) is 4.68 Å². The van der Waals surface area contributed by atoms with Gasteiger partial charge in [0.15, 0.2) is 17.3 Å². The number of rotatable bonds is 7. The number of hydrogen-bond acceptors (Lipinski definition) is 8. The van der Waals surface area contributed by atoms with Crippen molar-refractivity contribution in [2.75, 3.05) is 6.79 Å². The molecule has 5 aromatic rings. The van der Waals surface area contributed by atoms with Crippen LogP contribution in [0.25, 0.3) is 10.9 Å². The molecule has 0 saturated carbocycles. The number of nitrogens with zero attached hydrogens (tertiary/aromatic N) is 6. The Balaban J connectivity index is 1.56. The van der Waals surface area contributed by atoms with Crippen molar-refractivity contribution in [2.24, 2.45) is 0 Å². The van der Waals surface area contributed by atoms with Gasteiger partial charge in [-0.15, -0.1) is 5.10 Å². The maximum atomic E-state index is 13.8. The smallest absolute Gasteiger partial charge is 0.253 e. The molecule has 1 N–H and O–H groups in total. The first kappa shape index (κ1) is 24.7. The third-order valence-corrected chi connectivity index (χ3v) is 6.74. The third-order valence-electron chi connectivity index (χ3n) is 6.74. The van der Waals surface area contributed by atoms with Gasteiger partial charge in [-0.05, 0) is 60.5 Å². The van der Waals surface area contributed by atoms with Crippen LogP contribution in [0.2, 0.25) is 0 Å². The van der Waals surface area contributed by atoms with Gasteiger partial charge in [-0.2, -0.15) is 0 Å². The molecule has 0 fully saturated rings. The summed E-state index contributed by atoms with van der Waals surface area (Å²) in [4.78, 5) is 23.4. The van der Waals surface area contributed by atoms with Crippen molar-refractivity contribution in [2.45, 2.75) is 45.4 Å². The van der Waals surface area contributed by atoms with E-state index in [0.717, 1.165) is 16.5 Å². The second-order valence-electron chi connectivity index (χ2n) is 10.6. The van der Waals surface area contributed by atoms with Crippen LogP contribution in [-0.4, -0.2) is 41.9 Å². The highest BCUT2D eigenvalue weighted by Crippen LogP contribution is 2.37. The molecule has 1 aliphatic rings. The third kappa shape index (κ3) is 4.98. The van der Waals surface area contributed by atoms with Crippen LogP contribution in [0.4, 0.5) is 0 Å². The van der Waals surface area contributed by atoms with Gasteiger partial charge in [0.1, 0.15) is 6.04 Å². The lowest BCUT2D eigenvalue weighted by molar-refractivity contribution is 0.174. The summed E-state index contributed by atoms with van der Waals surface area (Å²) in [5.41, 5.74) is 2.67. The molecular weight excluding hydrogens is 494 g/mol. The highest BCUT2D eigenvalue weighted by molar-refractivity contribution is 5.83. The van der Waals surface area contributed by atoms with Crippen LogP contribution >= 0.6 is 0 Å². The Kier molecular flexibility index (Phi) is 6.32. The van der Waals surface area contributed by atoms with Gasteiger partial charge in [0.25, 0.3) is 5.56 Å². The standard InChI is InChI=1S/C29H29N7O3/c1-29(2,3)36-27(32-33-34-36)26(22-12-21-13-24-25(39-18-38-24)14-23(21)31-28(22)37)35(16-19-8-5-4-6-9-19)17-20-10-7-11-30-15-20/h4-15,26H,16-18H2,1-3H3,(H,31,37)/t26-/m1/s1. The molecule has 198 valence electrons. The van der Waals surface area contributed by atoms with Gasteiger partial charge in [0.05, 0.1) is 11.1 Å². The summed E-state index contributed by atoms with van der Waals surface area (Å²) in [5.74, 6) is 1.84. The summed E-state index contributed by atoms with van der Waals surface area (Å²) in [6.45, 7) is 7.34. The van der Waals surface area contributed by atoms with E-state index in [4.69, 9.17) is 9.47 Å². The van der Waals surface area contributed by atoms with Gasteiger partial charge >= 0.3 is 0 Å². The fourth-order valence-electron chi connectivity index (χ4n) is 4.94. The van der Waals surface area contributed by atoms with Crippen LogP contribution in [0.15, 0.2) is 77.9 Å². The number of pyridine rings is 2. The zero-order chi connectivity index (χ0) is 27.0. The first-order valence-corrected chi connectivity index (χ1v) is 12.8. The average molecular weight is 524 g/mol. The summed E-state index contributed by atoms with van der Waals surface area (Å²) in [6.07, 6.45) is 3.59. The Labute approximate surface area is 225 Å². The van der Waals surface area contributed by atoms with Crippen LogP contribution in [0.3, 0.4) is 0 Å². The molecule has 10 nitrogen and oxygen atoms in total. The topological polar surface area (TPSA) is 111 Å². The molecule has 0 aliphatic carbocycles. The fourth-order valence-corrected chi connectivity index (χ4v) is 4.94. The molecule has 2 aromatic carbocycles. The highest BCUT2D eigenvalue weighted by Gasteiger charge is 2.34. The van der Waals surface area contributed by atoms with Crippen molar-refractivity contribution in [1.82, 2.24) is 35.1 Å². The van der Waals surface area contributed by atoms with E-state index < -0.39 is 11.6 Å². The SMILES string of the molecule is CC(C)(C)n1nnnc1[C@@H](c1cc2cc3c(cc2[nH]c1=O)OCO3)N(Cc1ccccc1)Cc1cccnc1. The largest absolute Gasteiger partial charge is 0.454 e. The molecule has 0 bridgehead atoms. The van der Waals surface area contributed by atoms with Gasteiger partial charge in [-0.3, -0.25) is 14.7 Å². The Morgan fingerprint density at radius 3 is 2.49 bits per heavy atom. The van der Waals surface area contributed by atoms with Crippen molar-refractivity contribution in [3.8, 4) is 11.5 Å². The predicted octanol–water partition coefficient (Wildman–Crippen LogP) is 4.19. The lowest BCUT2D eigenvalue weighted by Crippen LogP contribution is -2.37. The van der Waals surface area contributed by atoms with Crippen LogP contribution in [0.5, 0.6) is 11.5 Å². The Bertz CT molecular complexity index is 1620. The van der Waals surface area contributed by atoms with Gasteiger partial charge in [0.2, 0.25) is 6.79 Å². The number of aromatic amines is 1. The van der Waals surface area contributed by atoms with E-state index in [-0.39, 0.29) is 12.4 Å². The molecule has 6 rings (SSSR count). The van der Waals surface area contributed by atoms with Crippen LogP contribution < -0.4 is 15.0 Å². The van der Waals surface area contributed by atoms with E-state index >= 15 is 0 Å². The molecule has 1 aliphatic heterocycles. The molecule has 0 spiro atoms. The van der Waals surface area contributed by atoms with Crippen LogP contribution in [0, 0.1) is 0 Å². The van der Waals surface area contributed by atoms with Gasteiger partial charge in [-0.1, -0.05) is 36.4 Å². The Morgan fingerprint density at radius 2 is 1.74 bits per heavy atom. The molecule has 0 radical (unpaired) electrons.